The van der Waals surface area contributed by atoms with Crippen LogP contribution in [0.1, 0.15) is 5.56 Å². The highest BCUT2D eigenvalue weighted by Crippen LogP contribution is 2.14. The molecule has 0 saturated heterocycles. The Morgan fingerprint density at radius 3 is 2.84 bits per heavy atom. The van der Waals surface area contributed by atoms with E-state index < -0.39 is 0 Å². The third kappa shape index (κ3) is 4.85. The van der Waals surface area contributed by atoms with E-state index >= 15 is 0 Å². The SMILES string of the molecule is O=C(COc1ccc(-n2cnnn2)cc1)NN=Cc1cccc(Cl)c1. The Balaban J connectivity index is 1.47. The van der Waals surface area contributed by atoms with Crippen LogP contribution in [0.2, 0.25) is 5.02 Å². The molecule has 0 aliphatic carbocycles. The van der Waals surface area contributed by atoms with Crippen molar-refractivity contribution < 1.29 is 9.53 Å². The lowest BCUT2D eigenvalue weighted by Gasteiger charge is -2.06. The maximum atomic E-state index is 11.7. The largest absolute Gasteiger partial charge is 0.484 e. The second-order valence-corrected chi connectivity index (χ2v) is 5.32. The number of tetrazole rings is 1. The molecule has 0 fully saturated rings. The summed E-state index contributed by atoms with van der Waals surface area (Å²) in [4.78, 5) is 11.7. The lowest BCUT2D eigenvalue weighted by atomic mass is 10.2. The topological polar surface area (TPSA) is 94.3 Å². The Kier molecular flexibility index (Phi) is 5.32. The van der Waals surface area contributed by atoms with Crippen LogP contribution in [0.5, 0.6) is 5.75 Å². The first kappa shape index (κ1) is 16.6. The van der Waals surface area contributed by atoms with Crippen molar-refractivity contribution in [2.75, 3.05) is 6.61 Å². The van der Waals surface area contributed by atoms with Gasteiger partial charge < -0.3 is 4.74 Å². The number of hydrogen-bond acceptors (Lipinski definition) is 6. The van der Waals surface area contributed by atoms with Gasteiger partial charge in [-0.2, -0.15) is 5.10 Å². The van der Waals surface area contributed by atoms with Gasteiger partial charge in [0.2, 0.25) is 0 Å². The molecule has 0 aliphatic heterocycles. The number of halogens is 1. The van der Waals surface area contributed by atoms with E-state index in [-0.39, 0.29) is 12.5 Å². The number of hydrogen-bond donors (Lipinski definition) is 1. The summed E-state index contributed by atoms with van der Waals surface area (Å²) >= 11 is 5.87. The highest BCUT2D eigenvalue weighted by atomic mass is 35.5. The van der Waals surface area contributed by atoms with Gasteiger partial charge in [0, 0.05) is 5.02 Å². The molecule has 25 heavy (non-hydrogen) atoms. The molecule has 2 aromatic carbocycles. The minimum Gasteiger partial charge on any atom is -0.484 e. The molecule has 0 spiro atoms. The molecule has 3 rings (SSSR count). The van der Waals surface area contributed by atoms with Crippen molar-refractivity contribution in [2.24, 2.45) is 5.10 Å². The van der Waals surface area contributed by atoms with E-state index in [1.165, 1.54) is 17.2 Å². The summed E-state index contributed by atoms with van der Waals surface area (Å²) < 4.78 is 6.91. The predicted molar refractivity (Wildman–Crippen MR) is 91.8 cm³/mol. The van der Waals surface area contributed by atoms with Gasteiger partial charge in [0.25, 0.3) is 5.91 Å². The standard InChI is InChI=1S/C16H13ClN6O2/c17-13-3-1-2-12(8-13)9-18-20-16(24)10-25-15-6-4-14(5-7-15)23-11-19-21-22-23/h1-9,11H,10H2,(H,20,24). The molecule has 1 amide bonds. The van der Waals surface area contributed by atoms with Crippen LogP contribution in [0.4, 0.5) is 0 Å². The maximum Gasteiger partial charge on any atom is 0.277 e. The summed E-state index contributed by atoms with van der Waals surface area (Å²) in [5, 5.41) is 15.4. The molecule has 1 aromatic heterocycles. The molecule has 8 nitrogen and oxygen atoms in total. The van der Waals surface area contributed by atoms with Gasteiger partial charge in [-0.25, -0.2) is 10.1 Å². The van der Waals surface area contributed by atoms with Gasteiger partial charge in [-0.15, -0.1) is 5.10 Å². The minimum absolute atomic E-state index is 0.156. The van der Waals surface area contributed by atoms with E-state index in [0.29, 0.717) is 10.8 Å². The summed E-state index contributed by atoms with van der Waals surface area (Å²) in [6, 6.07) is 14.1. The average Bonchev–Trinajstić information content (AvgIpc) is 3.15. The molecule has 0 bridgehead atoms. The van der Waals surface area contributed by atoms with Gasteiger partial charge in [-0.1, -0.05) is 23.7 Å². The number of nitrogens with zero attached hydrogens (tertiary/aromatic N) is 5. The summed E-state index contributed by atoms with van der Waals surface area (Å²) in [6.07, 6.45) is 2.99. The van der Waals surface area contributed by atoms with E-state index in [2.05, 4.69) is 26.1 Å². The molecule has 0 aliphatic rings. The van der Waals surface area contributed by atoms with Crippen molar-refractivity contribution in [3.05, 3.63) is 65.4 Å². The first-order valence-electron chi connectivity index (χ1n) is 7.24. The first-order chi connectivity index (χ1) is 12.2. The molecular weight excluding hydrogens is 344 g/mol. The zero-order valence-electron chi connectivity index (χ0n) is 12.9. The third-order valence-corrected chi connectivity index (χ3v) is 3.31. The molecule has 0 saturated carbocycles. The first-order valence-corrected chi connectivity index (χ1v) is 7.62. The Morgan fingerprint density at radius 2 is 2.12 bits per heavy atom. The van der Waals surface area contributed by atoms with Crippen molar-refractivity contribution in [1.29, 1.82) is 0 Å². The van der Waals surface area contributed by atoms with Gasteiger partial charge in [0.15, 0.2) is 6.61 Å². The number of ether oxygens (including phenoxy) is 1. The number of carbonyl (C=O) groups is 1. The molecule has 3 aromatic rings. The van der Waals surface area contributed by atoms with Crippen LogP contribution >= 0.6 is 11.6 Å². The van der Waals surface area contributed by atoms with Crippen molar-refractivity contribution in [2.45, 2.75) is 0 Å². The zero-order valence-corrected chi connectivity index (χ0v) is 13.7. The van der Waals surface area contributed by atoms with E-state index in [4.69, 9.17) is 16.3 Å². The number of carbonyl (C=O) groups excluding carboxylic acids is 1. The molecule has 9 heteroatoms. The molecule has 1 N–H and O–H groups in total. The number of amides is 1. The Hall–Kier alpha value is -3.26. The van der Waals surface area contributed by atoms with Gasteiger partial charge in [-0.3, -0.25) is 4.79 Å². The molecule has 0 atom stereocenters. The Morgan fingerprint density at radius 1 is 1.28 bits per heavy atom. The fourth-order valence-electron chi connectivity index (χ4n) is 1.92. The third-order valence-electron chi connectivity index (χ3n) is 3.07. The van der Waals surface area contributed by atoms with Gasteiger partial charge in [-0.05, 0) is 52.4 Å². The van der Waals surface area contributed by atoms with Gasteiger partial charge in [0.05, 0.1) is 11.9 Å². The van der Waals surface area contributed by atoms with Crippen molar-refractivity contribution in [3.8, 4) is 11.4 Å². The molecule has 0 radical (unpaired) electrons. The predicted octanol–water partition coefficient (Wildman–Crippen LogP) is 1.84. The summed E-state index contributed by atoms with van der Waals surface area (Å²) in [7, 11) is 0. The molecule has 1 heterocycles. The van der Waals surface area contributed by atoms with Crippen LogP contribution in [-0.2, 0) is 4.79 Å². The van der Waals surface area contributed by atoms with Gasteiger partial charge in [0.1, 0.15) is 12.1 Å². The minimum atomic E-state index is -0.372. The number of aromatic nitrogens is 4. The van der Waals surface area contributed by atoms with E-state index in [0.717, 1.165) is 11.3 Å². The Labute approximate surface area is 148 Å². The average molecular weight is 357 g/mol. The smallest absolute Gasteiger partial charge is 0.277 e. The number of benzene rings is 2. The quantitative estimate of drug-likeness (QED) is 0.537. The monoisotopic (exact) mass is 356 g/mol. The van der Waals surface area contributed by atoms with Crippen molar-refractivity contribution >= 4 is 23.7 Å². The molecule has 126 valence electrons. The van der Waals surface area contributed by atoms with Crippen LogP contribution in [0.25, 0.3) is 5.69 Å². The van der Waals surface area contributed by atoms with Crippen LogP contribution in [0.15, 0.2) is 60.0 Å². The zero-order chi connectivity index (χ0) is 17.5. The van der Waals surface area contributed by atoms with E-state index in [1.54, 1.807) is 42.5 Å². The van der Waals surface area contributed by atoms with Gasteiger partial charge >= 0.3 is 0 Å². The Bertz CT molecular complexity index is 865. The van der Waals surface area contributed by atoms with Crippen LogP contribution in [0, 0.1) is 0 Å². The molecule has 0 unspecified atom stereocenters. The fourth-order valence-corrected chi connectivity index (χ4v) is 2.12. The molecular formula is C16H13ClN6O2. The fraction of sp³-hybridized carbons (Fsp3) is 0.0625. The summed E-state index contributed by atoms with van der Waals surface area (Å²) in [5.41, 5.74) is 3.96. The van der Waals surface area contributed by atoms with E-state index in [1.807, 2.05) is 6.07 Å². The van der Waals surface area contributed by atoms with Crippen LogP contribution < -0.4 is 10.2 Å². The second kappa shape index (κ2) is 8.02. The normalized spacial score (nSPS) is 10.8. The number of rotatable bonds is 6. The van der Waals surface area contributed by atoms with E-state index in [9.17, 15) is 4.79 Å². The summed E-state index contributed by atoms with van der Waals surface area (Å²) in [5.74, 6) is 0.175. The lowest BCUT2D eigenvalue weighted by molar-refractivity contribution is -0.123. The number of nitrogens with one attached hydrogen (secondary N) is 1. The summed E-state index contributed by atoms with van der Waals surface area (Å²) in [6.45, 7) is -0.156. The van der Waals surface area contributed by atoms with Crippen LogP contribution in [0.3, 0.4) is 0 Å². The van der Waals surface area contributed by atoms with Crippen molar-refractivity contribution in [3.63, 3.8) is 0 Å². The van der Waals surface area contributed by atoms with Crippen molar-refractivity contribution in [1.82, 2.24) is 25.6 Å². The highest BCUT2D eigenvalue weighted by Gasteiger charge is 2.03. The highest BCUT2D eigenvalue weighted by molar-refractivity contribution is 6.30. The maximum absolute atomic E-state index is 11.7. The lowest BCUT2D eigenvalue weighted by Crippen LogP contribution is -2.24. The number of hydrazone groups is 1. The van der Waals surface area contributed by atoms with Crippen LogP contribution in [-0.4, -0.2) is 38.9 Å². The second-order valence-electron chi connectivity index (χ2n) is 4.89.